The molecule has 0 aliphatic rings. The number of fused-ring (bicyclic) bond motifs is 1. The number of hydrogen-bond donors (Lipinski definition) is 1. The molecule has 0 saturated carbocycles. The average Bonchev–Trinajstić information content (AvgIpc) is 2.43. The smallest absolute Gasteiger partial charge is 0.355 e. The van der Waals surface area contributed by atoms with E-state index in [0.29, 0.717) is 0 Å². The van der Waals surface area contributed by atoms with Crippen molar-refractivity contribution >= 4 is 22.4 Å². The number of nitrogens with zero attached hydrogens (tertiary/aromatic N) is 2. The van der Waals surface area contributed by atoms with Crippen LogP contribution < -0.4 is 9.47 Å². The number of nitro groups is 1. The van der Waals surface area contributed by atoms with Crippen molar-refractivity contribution < 1.29 is 24.3 Å². The molecule has 0 radical (unpaired) electrons. The summed E-state index contributed by atoms with van der Waals surface area (Å²) in [7, 11) is 2.58. The third-order valence-corrected chi connectivity index (χ3v) is 2.77. The summed E-state index contributed by atoms with van der Waals surface area (Å²) in [6.45, 7) is 0. The highest BCUT2D eigenvalue weighted by molar-refractivity contribution is 6.06. The quantitative estimate of drug-likeness (QED) is 0.670. The average molecular weight is 278 g/mol. The number of carboxylic acids is 1. The molecule has 1 N–H and O–H groups in total. The first kappa shape index (κ1) is 13.5. The fraction of sp³-hybridized carbons (Fsp3) is 0.167. The molecular weight excluding hydrogens is 268 g/mol. The van der Waals surface area contributed by atoms with E-state index in [9.17, 15) is 14.9 Å². The molecule has 1 heterocycles. The van der Waals surface area contributed by atoms with Gasteiger partial charge >= 0.3 is 11.7 Å². The van der Waals surface area contributed by atoms with Crippen LogP contribution in [0.2, 0.25) is 0 Å². The maximum Gasteiger partial charge on any atom is 0.355 e. The molecule has 0 aliphatic carbocycles. The first-order valence-corrected chi connectivity index (χ1v) is 5.42. The van der Waals surface area contributed by atoms with Gasteiger partial charge in [-0.05, 0) is 12.1 Å². The van der Waals surface area contributed by atoms with Crippen molar-refractivity contribution in [1.82, 2.24) is 4.98 Å². The molecule has 0 fully saturated rings. The lowest BCUT2D eigenvalue weighted by Crippen LogP contribution is -2.04. The van der Waals surface area contributed by atoms with Crippen molar-refractivity contribution in [1.29, 1.82) is 0 Å². The number of carboxylic acid groups (broad SMARTS) is 1. The van der Waals surface area contributed by atoms with Gasteiger partial charge in [0.05, 0.1) is 24.5 Å². The van der Waals surface area contributed by atoms with Gasteiger partial charge in [-0.15, -0.1) is 0 Å². The van der Waals surface area contributed by atoms with Gasteiger partial charge in [-0.1, -0.05) is 0 Å². The minimum absolute atomic E-state index is 0.0625. The second-order valence-corrected chi connectivity index (χ2v) is 3.78. The molecule has 0 bridgehead atoms. The molecule has 2 aromatic rings. The molecule has 1 aromatic carbocycles. The fourth-order valence-corrected chi connectivity index (χ4v) is 1.96. The lowest BCUT2D eigenvalue weighted by molar-refractivity contribution is -0.384. The van der Waals surface area contributed by atoms with Crippen LogP contribution in [0.15, 0.2) is 18.3 Å². The highest BCUT2D eigenvalue weighted by Gasteiger charge is 2.27. The second kappa shape index (κ2) is 5.00. The van der Waals surface area contributed by atoms with Crippen molar-refractivity contribution in [2.24, 2.45) is 0 Å². The lowest BCUT2D eigenvalue weighted by atomic mass is 10.1. The summed E-state index contributed by atoms with van der Waals surface area (Å²) in [5.74, 6) is -1.27. The Hall–Kier alpha value is -2.90. The van der Waals surface area contributed by atoms with E-state index < -0.39 is 10.9 Å². The summed E-state index contributed by atoms with van der Waals surface area (Å²) < 4.78 is 10.0. The molecule has 20 heavy (non-hydrogen) atoms. The Morgan fingerprint density at radius 2 is 2.05 bits per heavy atom. The predicted octanol–water partition coefficient (Wildman–Crippen LogP) is 1.86. The topological polar surface area (TPSA) is 112 Å². The van der Waals surface area contributed by atoms with E-state index in [-0.39, 0.29) is 33.7 Å². The largest absolute Gasteiger partial charge is 0.493 e. The zero-order valence-corrected chi connectivity index (χ0v) is 10.6. The number of carbonyl (C=O) groups is 1. The zero-order valence-electron chi connectivity index (χ0n) is 10.6. The molecule has 0 unspecified atom stereocenters. The SMILES string of the molecule is COc1cc2c(C(=O)O)nccc2c([N+](=O)[O-])c1OC. The lowest BCUT2D eigenvalue weighted by Gasteiger charge is -2.11. The molecule has 0 amide bonds. The summed E-state index contributed by atoms with van der Waals surface area (Å²) in [6, 6.07) is 2.72. The summed E-state index contributed by atoms with van der Waals surface area (Å²) in [5.41, 5.74) is -0.640. The van der Waals surface area contributed by atoms with Gasteiger partial charge in [-0.3, -0.25) is 10.1 Å². The van der Waals surface area contributed by atoms with Crippen molar-refractivity contribution in [2.75, 3.05) is 14.2 Å². The first-order chi connectivity index (χ1) is 9.51. The highest BCUT2D eigenvalue weighted by Crippen LogP contribution is 2.43. The van der Waals surface area contributed by atoms with Gasteiger partial charge in [0.1, 0.15) is 0 Å². The molecule has 8 heteroatoms. The van der Waals surface area contributed by atoms with Gasteiger partial charge in [-0.2, -0.15) is 0 Å². The van der Waals surface area contributed by atoms with Gasteiger partial charge in [-0.25, -0.2) is 9.78 Å². The molecule has 2 rings (SSSR count). The number of hydrogen-bond acceptors (Lipinski definition) is 6. The van der Waals surface area contributed by atoms with Crippen molar-refractivity contribution in [2.45, 2.75) is 0 Å². The van der Waals surface area contributed by atoms with Gasteiger partial charge in [0, 0.05) is 11.6 Å². The van der Waals surface area contributed by atoms with E-state index in [4.69, 9.17) is 14.6 Å². The second-order valence-electron chi connectivity index (χ2n) is 3.78. The molecule has 104 valence electrons. The van der Waals surface area contributed by atoms with Crippen LogP contribution in [-0.2, 0) is 0 Å². The first-order valence-electron chi connectivity index (χ1n) is 5.42. The maximum atomic E-state index is 11.2. The number of ether oxygens (including phenoxy) is 2. The maximum absolute atomic E-state index is 11.2. The number of aromatic carboxylic acids is 1. The molecule has 0 atom stereocenters. The van der Waals surface area contributed by atoms with Crippen LogP contribution in [0.4, 0.5) is 5.69 Å². The number of nitro benzene ring substituents is 1. The summed E-state index contributed by atoms with van der Waals surface area (Å²) in [5, 5.41) is 20.6. The predicted molar refractivity (Wildman–Crippen MR) is 68.5 cm³/mol. The van der Waals surface area contributed by atoms with Gasteiger partial charge in [0.2, 0.25) is 5.75 Å². The van der Waals surface area contributed by atoms with Crippen LogP contribution in [0.3, 0.4) is 0 Å². The van der Waals surface area contributed by atoms with E-state index in [2.05, 4.69) is 4.98 Å². The molecule has 1 aromatic heterocycles. The Balaban J connectivity index is 3.00. The van der Waals surface area contributed by atoms with Gasteiger partial charge < -0.3 is 14.6 Å². The molecular formula is C12H10N2O6. The number of aromatic nitrogens is 1. The fourth-order valence-electron chi connectivity index (χ4n) is 1.96. The van der Waals surface area contributed by atoms with E-state index in [1.165, 1.54) is 32.5 Å². The number of methoxy groups -OCH3 is 2. The third kappa shape index (κ3) is 1.96. The Bertz CT molecular complexity index is 713. The van der Waals surface area contributed by atoms with E-state index in [0.717, 1.165) is 0 Å². The van der Waals surface area contributed by atoms with Crippen LogP contribution >= 0.6 is 0 Å². The Labute approximate surface area is 112 Å². The minimum Gasteiger partial charge on any atom is -0.493 e. The van der Waals surface area contributed by atoms with E-state index >= 15 is 0 Å². The minimum atomic E-state index is -1.28. The Kier molecular flexibility index (Phi) is 3.38. The number of rotatable bonds is 4. The summed E-state index contributed by atoms with van der Waals surface area (Å²) in [4.78, 5) is 25.5. The van der Waals surface area contributed by atoms with E-state index in [1.54, 1.807) is 0 Å². The van der Waals surface area contributed by atoms with Crippen LogP contribution in [0, 0.1) is 10.1 Å². The molecule has 0 spiro atoms. The van der Waals surface area contributed by atoms with Crippen molar-refractivity contribution in [3.63, 3.8) is 0 Å². The monoisotopic (exact) mass is 278 g/mol. The van der Waals surface area contributed by atoms with Crippen LogP contribution in [0.5, 0.6) is 11.5 Å². The highest BCUT2D eigenvalue weighted by atomic mass is 16.6. The Morgan fingerprint density at radius 3 is 2.55 bits per heavy atom. The normalized spacial score (nSPS) is 10.3. The third-order valence-electron chi connectivity index (χ3n) is 2.77. The molecule has 8 nitrogen and oxygen atoms in total. The van der Waals surface area contributed by atoms with Gasteiger partial charge in [0.15, 0.2) is 11.4 Å². The molecule has 0 aliphatic heterocycles. The Morgan fingerprint density at radius 1 is 1.35 bits per heavy atom. The standard InChI is InChI=1S/C12H10N2O6/c1-19-8-5-7-6(3-4-13-9(7)12(15)16)10(14(17)18)11(8)20-2/h3-5H,1-2H3,(H,15,16). The van der Waals surface area contributed by atoms with Crippen molar-refractivity contribution in [3.8, 4) is 11.5 Å². The number of pyridine rings is 1. The summed E-state index contributed by atoms with van der Waals surface area (Å²) in [6.07, 6.45) is 1.20. The summed E-state index contributed by atoms with van der Waals surface area (Å²) >= 11 is 0. The zero-order chi connectivity index (χ0) is 14.9. The van der Waals surface area contributed by atoms with Crippen LogP contribution in [0.25, 0.3) is 10.8 Å². The van der Waals surface area contributed by atoms with Crippen molar-refractivity contribution in [3.05, 3.63) is 34.1 Å². The number of benzene rings is 1. The van der Waals surface area contributed by atoms with Gasteiger partial charge in [0.25, 0.3) is 0 Å². The van der Waals surface area contributed by atoms with Crippen LogP contribution in [-0.4, -0.2) is 35.2 Å². The van der Waals surface area contributed by atoms with E-state index in [1.807, 2.05) is 0 Å². The van der Waals surface area contributed by atoms with Crippen LogP contribution in [0.1, 0.15) is 10.5 Å². The molecule has 0 saturated heterocycles.